The number of benzene rings is 8. The maximum Gasteiger partial charge on any atom is 0.160 e. The molecule has 3 aromatic heterocycles. The molecule has 0 bridgehead atoms. The van der Waals surface area contributed by atoms with E-state index >= 15 is 0 Å². The topological polar surface area (TPSA) is 38.7 Å². The fraction of sp³-hybridized carbons (Fsp3) is 0. The Hall–Kier alpha value is -7.27. The van der Waals surface area contributed by atoms with Crippen molar-refractivity contribution in [2.75, 3.05) is 0 Å². The van der Waals surface area contributed by atoms with Crippen molar-refractivity contribution < 1.29 is 0 Å². The second-order valence-electron chi connectivity index (χ2n) is 14.4. The van der Waals surface area contributed by atoms with Gasteiger partial charge in [-0.15, -0.1) is 11.3 Å². The zero-order chi connectivity index (χ0) is 37.7. The summed E-state index contributed by atoms with van der Waals surface area (Å²) in [5, 5.41) is 6.07. The molecule has 0 aliphatic carbocycles. The van der Waals surface area contributed by atoms with Crippen LogP contribution in [0.3, 0.4) is 0 Å². The van der Waals surface area contributed by atoms with Gasteiger partial charge in [0.25, 0.3) is 0 Å². The smallest absolute Gasteiger partial charge is 0.160 e. The van der Waals surface area contributed by atoms with E-state index in [4.69, 9.17) is 15.0 Å². The van der Waals surface area contributed by atoms with Gasteiger partial charge in [0.05, 0.1) is 22.6 Å². The molecule has 0 amide bonds. The molecule has 0 fully saturated rings. The Kier molecular flexibility index (Phi) is 8.01. The Morgan fingerprint density at radius 1 is 0.351 bits per heavy atom. The average molecular weight is 744 g/mol. The third-order valence-electron chi connectivity index (χ3n) is 10.9. The molecule has 3 heterocycles. The minimum Gasteiger partial charge on any atom is -0.247 e. The maximum atomic E-state index is 5.48. The first kappa shape index (κ1) is 33.1. The summed E-state index contributed by atoms with van der Waals surface area (Å²) in [5.74, 6) is 0.692. The molecule has 57 heavy (non-hydrogen) atoms. The van der Waals surface area contributed by atoms with Crippen LogP contribution in [0.15, 0.2) is 200 Å². The van der Waals surface area contributed by atoms with E-state index in [0.29, 0.717) is 5.82 Å². The van der Waals surface area contributed by atoms with Gasteiger partial charge in [-0.3, -0.25) is 0 Å². The Bertz CT molecular complexity index is 3260. The molecule has 0 aliphatic rings. The largest absolute Gasteiger partial charge is 0.247 e. The van der Waals surface area contributed by atoms with E-state index in [1.54, 1.807) is 0 Å². The number of fused-ring (bicyclic) bond motifs is 6. The zero-order valence-electron chi connectivity index (χ0n) is 30.8. The SMILES string of the molecule is c1ccc(-c2ccc(-c3cc(-c4ccccc4)nc(-c4ccc(-c5ccc6c(c5)nc(-c5cccc7ccccc57)c5c7ccccc7sc65)cc4)n3)cc2)cc1. The van der Waals surface area contributed by atoms with Gasteiger partial charge in [0.1, 0.15) is 0 Å². The van der Waals surface area contributed by atoms with Gasteiger partial charge in [-0.1, -0.05) is 182 Å². The van der Waals surface area contributed by atoms with E-state index in [9.17, 15) is 0 Å². The summed E-state index contributed by atoms with van der Waals surface area (Å²) in [6, 6.07) is 70.7. The van der Waals surface area contributed by atoms with Gasteiger partial charge in [0.2, 0.25) is 0 Å². The highest BCUT2D eigenvalue weighted by atomic mass is 32.1. The van der Waals surface area contributed by atoms with Crippen LogP contribution in [0.25, 0.3) is 109 Å². The fourth-order valence-electron chi connectivity index (χ4n) is 8.03. The van der Waals surface area contributed by atoms with Gasteiger partial charge in [-0.05, 0) is 51.2 Å². The molecule has 0 saturated carbocycles. The van der Waals surface area contributed by atoms with Crippen LogP contribution in [0.5, 0.6) is 0 Å². The second kappa shape index (κ2) is 13.8. The van der Waals surface area contributed by atoms with Crippen LogP contribution in [0.4, 0.5) is 0 Å². The predicted molar refractivity (Wildman–Crippen MR) is 240 cm³/mol. The summed E-state index contributed by atoms with van der Waals surface area (Å²) in [6.45, 7) is 0. The fourth-order valence-corrected chi connectivity index (χ4v) is 9.26. The lowest BCUT2D eigenvalue weighted by molar-refractivity contribution is 1.18. The Balaban J connectivity index is 1.00. The van der Waals surface area contributed by atoms with E-state index < -0.39 is 0 Å². The zero-order valence-corrected chi connectivity index (χ0v) is 31.6. The summed E-state index contributed by atoms with van der Waals surface area (Å²) < 4.78 is 2.54. The quantitative estimate of drug-likeness (QED) is 0.170. The molecule has 8 aromatic carbocycles. The van der Waals surface area contributed by atoms with Crippen LogP contribution in [-0.4, -0.2) is 15.0 Å². The van der Waals surface area contributed by atoms with Crippen molar-refractivity contribution in [1.29, 1.82) is 0 Å². The first-order chi connectivity index (χ1) is 28.2. The molecule has 11 aromatic rings. The Morgan fingerprint density at radius 3 is 1.65 bits per heavy atom. The molecule has 0 N–H and O–H groups in total. The highest BCUT2D eigenvalue weighted by Crippen LogP contribution is 2.44. The maximum absolute atomic E-state index is 5.48. The number of hydrogen-bond donors (Lipinski definition) is 0. The third kappa shape index (κ3) is 5.95. The van der Waals surface area contributed by atoms with Crippen molar-refractivity contribution >= 4 is 53.2 Å². The normalized spacial score (nSPS) is 11.5. The molecule has 266 valence electrons. The Morgan fingerprint density at radius 2 is 0.895 bits per heavy atom. The number of aromatic nitrogens is 3. The van der Waals surface area contributed by atoms with Crippen LogP contribution in [0.1, 0.15) is 0 Å². The number of thiophene rings is 1. The van der Waals surface area contributed by atoms with Crippen molar-refractivity contribution in [3.05, 3.63) is 200 Å². The van der Waals surface area contributed by atoms with Crippen molar-refractivity contribution in [2.45, 2.75) is 0 Å². The second-order valence-corrected chi connectivity index (χ2v) is 15.4. The van der Waals surface area contributed by atoms with Gasteiger partial charge in [-0.25, -0.2) is 15.0 Å². The molecule has 0 unspecified atom stereocenters. The van der Waals surface area contributed by atoms with E-state index in [-0.39, 0.29) is 0 Å². The van der Waals surface area contributed by atoms with Crippen LogP contribution in [0, 0.1) is 0 Å². The minimum absolute atomic E-state index is 0.692. The van der Waals surface area contributed by atoms with Gasteiger partial charge in [0, 0.05) is 47.8 Å². The minimum atomic E-state index is 0.692. The summed E-state index contributed by atoms with van der Waals surface area (Å²) in [4.78, 5) is 15.7. The average Bonchev–Trinajstić information content (AvgIpc) is 3.69. The van der Waals surface area contributed by atoms with Crippen LogP contribution in [-0.2, 0) is 0 Å². The Labute approximate surface area is 334 Å². The molecule has 0 atom stereocenters. The van der Waals surface area contributed by atoms with E-state index in [1.807, 2.05) is 23.5 Å². The van der Waals surface area contributed by atoms with E-state index in [1.165, 1.54) is 47.5 Å². The first-order valence-corrected chi connectivity index (χ1v) is 20.0. The molecule has 3 nitrogen and oxygen atoms in total. The van der Waals surface area contributed by atoms with Crippen molar-refractivity contribution in [1.82, 2.24) is 15.0 Å². The van der Waals surface area contributed by atoms with Gasteiger partial charge >= 0.3 is 0 Å². The monoisotopic (exact) mass is 743 g/mol. The standard InChI is InChI=1S/C53H33N3S/c1-3-12-34(13-4-1)35-22-26-39(27-23-35)47-33-46(38-15-5-2-6-16-38)55-53(56-47)40-28-24-36(25-29-40)41-30-31-44-48(32-41)54-51(43-20-11-17-37-14-7-8-18-42(37)43)50-45-19-9-10-21-49(45)57-52(44)50/h1-33H. The number of nitrogens with zero attached hydrogens (tertiary/aromatic N) is 3. The summed E-state index contributed by atoms with van der Waals surface area (Å²) in [5.41, 5.74) is 12.6. The molecule has 11 rings (SSSR count). The molecular weight excluding hydrogens is 711 g/mol. The lowest BCUT2D eigenvalue weighted by Crippen LogP contribution is -1.96. The van der Waals surface area contributed by atoms with Gasteiger partial charge < -0.3 is 0 Å². The summed E-state index contributed by atoms with van der Waals surface area (Å²) >= 11 is 1.85. The number of pyridine rings is 1. The highest BCUT2D eigenvalue weighted by molar-refractivity contribution is 7.26. The summed E-state index contributed by atoms with van der Waals surface area (Å²) in [7, 11) is 0. The lowest BCUT2D eigenvalue weighted by atomic mass is 9.96. The first-order valence-electron chi connectivity index (χ1n) is 19.2. The van der Waals surface area contributed by atoms with Crippen LogP contribution >= 0.6 is 11.3 Å². The van der Waals surface area contributed by atoms with Gasteiger partial charge in [0.15, 0.2) is 5.82 Å². The summed E-state index contributed by atoms with van der Waals surface area (Å²) in [6.07, 6.45) is 0. The number of hydrogen-bond acceptors (Lipinski definition) is 4. The highest BCUT2D eigenvalue weighted by Gasteiger charge is 2.18. The van der Waals surface area contributed by atoms with Gasteiger partial charge in [-0.2, -0.15) is 0 Å². The third-order valence-corrected chi connectivity index (χ3v) is 12.1. The molecular formula is C53H33N3S. The molecule has 4 heteroatoms. The molecule has 0 radical (unpaired) electrons. The molecule has 0 saturated heterocycles. The lowest BCUT2D eigenvalue weighted by Gasteiger charge is -2.12. The van der Waals surface area contributed by atoms with E-state index in [0.717, 1.165) is 56.0 Å². The predicted octanol–water partition coefficient (Wildman–Crippen LogP) is 14.5. The van der Waals surface area contributed by atoms with E-state index in [2.05, 4.69) is 188 Å². The van der Waals surface area contributed by atoms with Crippen molar-refractivity contribution in [3.63, 3.8) is 0 Å². The molecule has 0 spiro atoms. The van der Waals surface area contributed by atoms with Crippen LogP contribution in [0.2, 0.25) is 0 Å². The van der Waals surface area contributed by atoms with Crippen LogP contribution < -0.4 is 0 Å². The van der Waals surface area contributed by atoms with Crippen molar-refractivity contribution in [3.8, 4) is 67.4 Å². The molecule has 0 aliphatic heterocycles. The van der Waals surface area contributed by atoms with Crippen molar-refractivity contribution in [2.24, 2.45) is 0 Å². The number of rotatable bonds is 6.